The molecule has 0 bridgehead atoms. The maximum atomic E-state index is 13.1. The van der Waals surface area contributed by atoms with Crippen molar-refractivity contribution in [3.63, 3.8) is 0 Å². The van der Waals surface area contributed by atoms with E-state index in [0.717, 1.165) is 27.7 Å². The lowest BCUT2D eigenvalue weighted by atomic mass is 10.1. The first kappa shape index (κ1) is 20.7. The second-order valence-corrected chi connectivity index (χ2v) is 9.21. The molecule has 0 aliphatic carbocycles. The Labute approximate surface area is 194 Å². The van der Waals surface area contributed by atoms with Crippen molar-refractivity contribution in [2.75, 3.05) is 4.90 Å². The Kier molecular flexibility index (Phi) is 5.41. The fraction of sp³-hybridized carbons (Fsp3) is 0.120. The average molecular weight is 460 g/mol. The van der Waals surface area contributed by atoms with Crippen LogP contribution in [0.25, 0.3) is 22.2 Å². The minimum Gasteiger partial charge on any atom is -0.274 e. The van der Waals surface area contributed by atoms with Gasteiger partial charge in [0.25, 0.3) is 0 Å². The van der Waals surface area contributed by atoms with Crippen LogP contribution in [0.1, 0.15) is 12.0 Å². The second-order valence-electron chi connectivity index (χ2n) is 7.60. The summed E-state index contributed by atoms with van der Waals surface area (Å²) >= 11 is 7.45. The smallest absolute Gasteiger partial charge is 0.247 e. The van der Waals surface area contributed by atoms with Crippen LogP contribution in [0.3, 0.4) is 0 Å². The highest BCUT2D eigenvalue weighted by Crippen LogP contribution is 2.36. The van der Waals surface area contributed by atoms with E-state index in [1.807, 2.05) is 67.6 Å². The fourth-order valence-corrected chi connectivity index (χ4v) is 4.96. The predicted molar refractivity (Wildman–Crippen MR) is 128 cm³/mol. The largest absolute Gasteiger partial charge is 0.274 e. The first-order valence-corrected chi connectivity index (χ1v) is 11.4. The summed E-state index contributed by atoms with van der Waals surface area (Å²) in [7, 11) is 0. The maximum Gasteiger partial charge on any atom is 0.247 e. The number of anilines is 1. The molecule has 1 atom stereocenters. The number of amides is 2. The summed E-state index contributed by atoms with van der Waals surface area (Å²) in [5.74, 6) is -0.458. The molecule has 0 unspecified atom stereocenters. The molecular formula is C25H18ClN3O2S. The first-order valence-electron chi connectivity index (χ1n) is 10.1. The van der Waals surface area contributed by atoms with E-state index in [1.165, 1.54) is 16.7 Å². The molecule has 1 aromatic heterocycles. The van der Waals surface area contributed by atoms with Gasteiger partial charge >= 0.3 is 0 Å². The van der Waals surface area contributed by atoms with Gasteiger partial charge in [-0.15, -0.1) is 0 Å². The van der Waals surface area contributed by atoms with Crippen LogP contribution in [0.2, 0.25) is 5.02 Å². The molecule has 2 amide bonds. The van der Waals surface area contributed by atoms with E-state index in [9.17, 15) is 9.59 Å². The van der Waals surface area contributed by atoms with Crippen LogP contribution in [0.15, 0.2) is 78.0 Å². The highest BCUT2D eigenvalue weighted by Gasteiger charge is 2.40. The standard InChI is InChI=1S/C25H18ClN3O2S/c1-15-6-5-9-18(12-15)29-22(30)14-21(24(29)31)32-25-27-20-11-10-17(26)13-19(20)23(28-25)16-7-3-2-4-8-16/h2-13,21H,14H2,1H3/t21-/m1/s1. The number of nitrogens with zero attached hydrogens (tertiary/aromatic N) is 3. The summed E-state index contributed by atoms with van der Waals surface area (Å²) < 4.78 is 0. The first-order chi connectivity index (χ1) is 15.5. The number of carbonyl (C=O) groups is 2. The van der Waals surface area contributed by atoms with E-state index in [0.29, 0.717) is 15.9 Å². The molecule has 32 heavy (non-hydrogen) atoms. The molecule has 2 heterocycles. The van der Waals surface area contributed by atoms with Crippen molar-refractivity contribution in [2.24, 2.45) is 0 Å². The van der Waals surface area contributed by atoms with Crippen LogP contribution in [0.4, 0.5) is 5.69 Å². The van der Waals surface area contributed by atoms with Crippen molar-refractivity contribution in [1.82, 2.24) is 9.97 Å². The summed E-state index contributed by atoms with van der Waals surface area (Å²) in [6.07, 6.45) is 0.111. The molecule has 1 aliphatic heterocycles. The Morgan fingerprint density at radius 3 is 2.56 bits per heavy atom. The highest BCUT2D eigenvalue weighted by molar-refractivity contribution is 8.00. The van der Waals surface area contributed by atoms with Crippen LogP contribution in [0, 0.1) is 6.92 Å². The monoisotopic (exact) mass is 459 g/mol. The van der Waals surface area contributed by atoms with E-state index in [-0.39, 0.29) is 18.2 Å². The van der Waals surface area contributed by atoms with Crippen molar-refractivity contribution in [1.29, 1.82) is 0 Å². The molecule has 1 fully saturated rings. The van der Waals surface area contributed by atoms with Gasteiger partial charge in [0.05, 0.1) is 16.9 Å². The van der Waals surface area contributed by atoms with Gasteiger partial charge < -0.3 is 0 Å². The van der Waals surface area contributed by atoms with Gasteiger partial charge in [0.1, 0.15) is 5.25 Å². The summed E-state index contributed by atoms with van der Waals surface area (Å²) in [5.41, 5.74) is 4.00. The summed E-state index contributed by atoms with van der Waals surface area (Å²) in [6, 6.07) is 22.6. The summed E-state index contributed by atoms with van der Waals surface area (Å²) in [5, 5.41) is 1.32. The number of imide groups is 1. The van der Waals surface area contributed by atoms with Gasteiger partial charge in [-0.1, -0.05) is 65.8 Å². The van der Waals surface area contributed by atoms with E-state index >= 15 is 0 Å². The van der Waals surface area contributed by atoms with Gasteiger partial charge in [-0.3, -0.25) is 9.59 Å². The minimum atomic E-state index is -0.573. The predicted octanol–water partition coefficient (Wildman–Crippen LogP) is 5.68. The van der Waals surface area contributed by atoms with Crippen LogP contribution in [-0.4, -0.2) is 27.0 Å². The van der Waals surface area contributed by atoms with Gasteiger partial charge in [0.15, 0.2) is 5.16 Å². The van der Waals surface area contributed by atoms with Gasteiger partial charge in [-0.25, -0.2) is 14.9 Å². The van der Waals surface area contributed by atoms with Crippen LogP contribution in [-0.2, 0) is 9.59 Å². The number of benzene rings is 3. The van der Waals surface area contributed by atoms with Gasteiger partial charge in [0.2, 0.25) is 11.8 Å². The third-order valence-corrected chi connectivity index (χ3v) is 6.58. The normalized spacial score (nSPS) is 16.2. The zero-order chi connectivity index (χ0) is 22.2. The third kappa shape index (κ3) is 3.87. The average Bonchev–Trinajstić information content (AvgIpc) is 3.06. The van der Waals surface area contributed by atoms with Crippen molar-refractivity contribution in [3.8, 4) is 11.3 Å². The molecule has 7 heteroatoms. The summed E-state index contributed by atoms with van der Waals surface area (Å²) in [4.78, 5) is 36.5. The minimum absolute atomic E-state index is 0.111. The van der Waals surface area contributed by atoms with Crippen molar-refractivity contribution < 1.29 is 9.59 Å². The Bertz CT molecular complexity index is 1360. The number of hydrogen-bond acceptors (Lipinski definition) is 5. The molecule has 5 rings (SSSR count). The quantitative estimate of drug-likeness (QED) is 0.290. The number of hydrogen-bond donors (Lipinski definition) is 0. The molecule has 1 saturated heterocycles. The van der Waals surface area contributed by atoms with Gasteiger partial charge in [-0.05, 0) is 42.8 Å². The molecule has 1 aliphatic rings. The van der Waals surface area contributed by atoms with Gasteiger partial charge in [0, 0.05) is 22.4 Å². The molecule has 3 aromatic carbocycles. The SMILES string of the molecule is Cc1cccc(N2C(=O)C[C@@H](Sc3nc(-c4ccccc4)c4cc(Cl)ccc4n3)C2=O)c1. The lowest BCUT2D eigenvalue weighted by molar-refractivity contribution is -0.121. The Balaban J connectivity index is 1.51. The lowest BCUT2D eigenvalue weighted by Crippen LogP contribution is -2.31. The van der Waals surface area contributed by atoms with E-state index in [2.05, 4.69) is 4.98 Å². The van der Waals surface area contributed by atoms with Gasteiger partial charge in [-0.2, -0.15) is 0 Å². The molecule has 0 N–H and O–H groups in total. The van der Waals surface area contributed by atoms with Crippen molar-refractivity contribution in [3.05, 3.63) is 83.4 Å². The zero-order valence-corrected chi connectivity index (χ0v) is 18.7. The van der Waals surface area contributed by atoms with E-state index in [1.54, 1.807) is 12.1 Å². The molecule has 0 spiro atoms. The number of rotatable bonds is 4. The second kappa shape index (κ2) is 8.37. The summed E-state index contributed by atoms with van der Waals surface area (Å²) in [6.45, 7) is 1.93. The van der Waals surface area contributed by atoms with Crippen molar-refractivity contribution >= 4 is 51.8 Å². The van der Waals surface area contributed by atoms with Crippen LogP contribution < -0.4 is 4.90 Å². The Morgan fingerprint density at radius 1 is 0.969 bits per heavy atom. The maximum absolute atomic E-state index is 13.1. The molecule has 5 nitrogen and oxygen atoms in total. The fourth-order valence-electron chi connectivity index (χ4n) is 3.81. The zero-order valence-electron chi connectivity index (χ0n) is 17.2. The van der Waals surface area contributed by atoms with E-state index < -0.39 is 5.25 Å². The van der Waals surface area contributed by atoms with Crippen LogP contribution in [0.5, 0.6) is 0 Å². The number of carbonyl (C=O) groups excluding carboxylic acids is 2. The number of fused-ring (bicyclic) bond motifs is 1. The van der Waals surface area contributed by atoms with Crippen LogP contribution >= 0.6 is 23.4 Å². The van der Waals surface area contributed by atoms with E-state index in [4.69, 9.17) is 16.6 Å². The number of aryl methyl sites for hydroxylation is 1. The lowest BCUT2D eigenvalue weighted by Gasteiger charge is -2.15. The molecule has 0 saturated carbocycles. The van der Waals surface area contributed by atoms with Crippen molar-refractivity contribution in [2.45, 2.75) is 23.8 Å². The number of thioether (sulfide) groups is 1. The molecule has 158 valence electrons. The molecular weight excluding hydrogens is 442 g/mol. The Morgan fingerprint density at radius 2 is 1.78 bits per heavy atom. The third-order valence-electron chi connectivity index (χ3n) is 5.30. The Hall–Kier alpha value is -3.22. The number of aromatic nitrogens is 2. The molecule has 0 radical (unpaired) electrons. The number of halogens is 1. The topological polar surface area (TPSA) is 63.2 Å². The molecule has 4 aromatic rings. The highest BCUT2D eigenvalue weighted by atomic mass is 35.5.